The minimum atomic E-state index is 0.136. The van der Waals surface area contributed by atoms with Crippen LogP contribution in [-0.4, -0.2) is 43.7 Å². The van der Waals surface area contributed by atoms with Crippen LogP contribution in [0.15, 0.2) is 4.99 Å². The lowest BCUT2D eigenvalue weighted by molar-refractivity contribution is 0.0958. The van der Waals surface area contributed by atoms with Gasteiger partial charge in [-0.05, 0) is 38.0 Å². The van der Waals surface area contributed by atoms with E-state index in [1.54, 1.807) is 7.11 Å². The molecular formula is C15H30N4O. The van der Waals surface area contributed by atoms with Crippen LogP contribution in [-0.2, 0) is 4.74 Å². The SMILES string of the molecule is COCC(C)N=C(NN)N1CCC2(CCCCC2)CC1. The highest BCUT2D eigenvalue weighted by Crippen LogP contribution is 2.44. The molecule has 0 aromatic rings. The molecule has 1 heterocycles. The zero-order chi connectivity index (χ0) is 14.4. The summed E-state index contributed by atoms with van der Waals surface area (Å²) in [6.07, 6.45) is 9.67. The monoisotopic (exact) mass is 282 g/mol. The van der Waals surface area contributed by atoms with Gasteiger partial charge < -0.3 is 9.64 Å². The van der Waals surface area contributed by atoms with Gasteiger partial charge in [0.25, 0.3) is 0 Å². The van der Waals surface area contributed by atoms with Crippen molar-refractivity contribution in [2.24, 2.45) is 16.3 Å². The fourth-order valence-electron chi connectivity index (χ4n) is 3.69. The van der Waals surface area contributed by atoms with Crippen LogP contribution in [0.25, 0.3) is 0 Å². The van der Waals surface area contributed by atoms with Gasteiger partial charge in [0.15, 0.2) is 0 Å². The van der Waals surface area contributed by atoms with Crippen LogP contribution in [0.5, 0.6) is 0 Å². The Balaban J connectivity index is 1.90. The third-order valence-corrected chi connectivity index (χ3v) is 4.92. The summed E-state index contributed by atoms with van der Waals surface area (Å²) in [5.74, 6) is 6.47. The molecule has 116 valence electrons. The van der Waals surface area contributed by atoms with E-state index in [1.165, 1.54) is 44.9 Å². The Morgan fingerprint density at radius 1 is 1.25 bits per heavy atom. The van der Waals surface area contributed by atoms with E-state index in [1.807, 2.05) is 6.92 Å². The van der Waals surface area contributed by atoms with Crippen LogP contribution in [0.4, 0.5) is 0 Å². The second kappa shape index (κ2) is 7.27. The number of rotatable bonds is 3. The van der Waals surface area contributed by atoms with Crippen LogP contribution < -0.4 is 11.3 Å². The Morgan fingerprint density at radius 3 is 2.45 bits per heavy atom. The molecule has 3 N–H and O–H groups in total. The van der Waals surface area contributed by atoms with E-state index >= 15 is 0 Å². The molecule has 1 spiro atoms. The normalized spacial score (nSPS) is 24.8. The van der Waals surface area contributed by atoms with Gasteiger partial charge in [-0.15, -0.1) is 0 Å². The number of hydrazine groups is 1. The lowest BCUT2D eigenvalue weighted by Crippen LogP contribution is -2.51. The van der Waals surface area contributed by atoms with E-state index in [0.29, 0.717) is 12.0 Å². The maximum atomic E-state index is 5.65. The molecule has 1 saturated carbocycles. The zero-order valence-corrected chi connectivity index (χ0v) is 13.0. The maximum Gasteiger partial charge on any atom is 0.208 e. The number of hydrogen-bond donors (Lipinski definition) is 2. The summed E-state index contributed by atoms with van der Waals surface area (Å²) in [5, 5.41) is 0. The third-order valence-electron chi connectivity index (χ3n) is 4.92. The molecule has 0 bridgehead atoms. The molecule has 1 aliphatic carbocycles. The Kier molecular flexibility index (Phi) is 5.66. The molecule has 0 aromatic carbocycles. The highest BCUT2D eigenvalue weighted by molar-refractivity contribution is 5.79. The minimum Gasteiger partial charge on any atom is -0.382 e. The van der Waals surface area contributed by atoms with Gasteiger partial charge in [-0.25, -0.2) is 10.8 Å². The largest absolute Gasteiger partial charge is 0.382 e. The summed E-state index contributed by atoms with van der Waals surface area (Å²) >= 11 is 0. The standard InChI is InChI=1S/C15H30N4O/c1-13(12-20-2)17-14(18-16)19-10-8-15(9-11-19)6-4-3-5-7-15/h13H,3-12,16H2,1-2H3,(H,17,18). The Hall–Kier alpha value is -0.810. The van der Waals surface area contributed by atoms with Crippen LogP contribution in [0.1, 0.15) is 51.9 Å². The van der Waals surface area contributed by atoms with Crippen molar-refractivity contribution < 1.29 is 4.74 Å². The molecule has 1 unspecified atom stereocenters. The molecule has 0 aromatic heterocycles. The van der Waals surface area contributed by atoms with Crippen LogP contribution in [0.3, 0.4) is 0 Å². The smallest absolute Gasteiger partial charge is 0.208 e. The molecule has 2 rings (SSSR count). The number of ether oxygens (including phenoxy) is 1. The Labute approximate surface area is 122 Å². The minimum absolute atomic E-state index is 0.136. The fourth-order valence-corrected chi connectivity index (χ4v) is 3.69. The van der Waals surface area contributed by atoms with Gasteiger partial charge in [-0.1, -0.05) is 19.3 Å². The van der Waals surface area contributed by atoms with Crippen molar-refractivity contribution in [2.45, 2.75) is 57.9 Å². The van der Waals surface area contributed by atoms with Gasteiger partial charge in [0.2, 0.25) is 5.96 Å². The lowest BCUT2D eigenvalue weighted by atomic mass is 9.68. The molecule has 20 heavy (non-hydrogen) atoms. The third kappa shape index (κ3) is 3.85. The summed E-state index contributed by atoms with van der Waals surface area (Å²) in [4.78, 5) is 6.92. The van der Waals surface area contributed by atoms with Gasteiger partial charge in [0.05, 0.1) is 12.6 Å². The van der Waals surface area contributed by atoms with Crippen molar-refractivity contribution in [3.63, 3.8) is 0 Å². The number of likely N-dealkylation sites (tertiary alicyclic amines) is 1. The molecule has 1 atom stereocenters. The molecular weight excluding hydrogens is 252 g/mol. The number of hydrogen-bond acceptors (Lipinski definition) is 3. The average molecular weight is 282 g/mol. The quantitative estimate of drug-likeness (QED) is 0.359. The summed E-state index contributed by atoms with van der Waals surface area (Å²) in [6.45, 7) is 4.82. The average Bonchev–Trinajstić information content (AvgIpc) is 2.47. The Bertz CT molecular complexity index is 316. The van der Waals surface area contributed by atoms with Crippen LogP contribution >= 0.6 is 0 Å². The van der Waals surface area contributed by atoms with E-state index in [-0.39, 0.29) is 6.04 Å². The summed E-state index contributed by atoms with van der Waals surface area (Å²) in [6, 6.07) is 0.136. The van der Waals surface area contributed by atoms with E-state index in [4.69, 9.17) is 10.6 Å². The zero-order valence-electron chi connectivity index (χ0n) is 13.0. The number of nitrogens with two attached hydrogens (primary N) is 1. The first kappa shape index (κ1) is 15.6. The molecule has 0 amide bonds. The van der Waals surface area contributed by atoms with E-state index < -0.39 is 0 Å². The maximum absolute atomic E-state index is 5.65. The number of aliphatic imine (C=N–C) groups is 1. The predicted molar refractivity (Wildman–Crippen MR) is 82.4 cm³/mol. The second-order valence-electron chi connectivity index (χ2n) is 6.45. The number of methoxy groups -OCH3 is 1. The summed E-state index contributed by atoms with van der Waals surface area (Å²) < 4.78 is 5.13. The number of piperidine rings is 1. The van der Waals surface area contributed by atoms with Gasteiger partial charge >= 0.3 is 0 Å². The van der Waals surface area contributed by atoms with E-state index in [0.717, 1.165) is 19.0 Å². The molecule has 5 heteroatoms. The lowest BCUT2D eigenvalue weighted by Gasteiger charge is -2.45. The number of nitrogens with zero attached hydrogens (tertiary/aromatic N) is 2. The number of nitrogens with one attached hydrogen (secondary N) is 1. The topological polar surface area (TPSA) is 62.9 Å². The number of guanidine groups is 1. The van der Waals surface area contributed by atoms with Crippen molar-refractivity contribution in [1.82, 2.24) is 10.3 Å². The molecule has 1 aliphatic heterocycles. The van der Waals surface area contributed by atoms with Gasteiger partial charge in [0.1, 0.15) is 0 Å². The summed E-state index contributed by atoms with van der Waals surface area (Å²) in [7, 11) is 1.70. The second-order valence-corrected chi connectivity index (χ2v) is 6.45. The van der Waals surface area contributed by atoms with Gasteiger partial charge in [0, 0.05) is 20.2 Å². The van der Waals surface area contributed by atoms with Gasteiger partial charge in [-0.3, -0.25) is 5.43 Å². The molecule has 5 nitrogen and oxygen atoms in total. The van der Waals surface area contributed by atoms with Crippen molar-refractivity contribution in [3.05, 3.63) is 0 Å². The van der Waals surface area contributed by atoms with Crippen molar-refractivity contribution in [1.29, 1.82) is 0 Å². The molecule has 2 fully saturated rings. The van der Waals surface area contributed by atoms with Crippen LogP contribution in [0, 0.1) is 5.41 Å². The van der Waals surface area contributed by atoms with E-state index in [2.05, 4.69) is 15.3 Å². The van der Waals surface area contributed by atoms with Crippen LogP contribution in [0.2, 0.25) is 0 Å². The van der Waals surface area contributed by atoms with Crippen molar-refractivity contribution in [3.8, 4) is 0 Å². The fraction of sp³-hybridized carbons (Fsp3) is 0.933. The van der Waals surface area contributed by atoms with Gasteiger partial charge in [-0.2, -0.15) is 0 Å². The molecule has 0 radical (unpaired) electrons. The summed E-state index contributed by atoms with van der Waals surface area (Å²) in [5.41, 5.74) is 3.39. The van der Waals surface area contributed by atoms with E-state index in [9.17, 15) is 0 Å². The molecule has 2 aliphatic rings. The van der Waals surface area contributed by atoms with Crippen molar-refractivity contribution in [2.75, 3.05) is 26.8 Å². The molecule has 1 saturated heterocycles. The first-order valence-corrected chi connectivity index (χ1v) is 7.97. The Morgan fingerprint density at radius 2 is 1.90 bits per heavy atom. The first-order chi connectivity index (χ1) is 9.69. The first-order valence-electron chi connectivity index (χ1n) is 7.97. The predicted octanol–water partition coefficient (Wildman–Crippen LogP) is 1.89. The highest BCUT2D eigenvalue weighted by atomic mass is 16.5. The highest BCUT2D eigenvalue weighted by Gasteiger charge is 2.36. The van der Waals surface area contributed by atoms with Crippen molar-refractivity contribution >= 4 is 5.96 Å².